The third-order valence-corrected chi connectivity index (χ3v) is 2.90. The molecule has 0 amide bonds. The number of rotatable bonds is 1. The molecule has 0 spiro atoms. The molecule has 2 rings (SSSR count). The molecule has 0 saturated carbocycles. The van der Waals surface area contributed by atoms with Gasteiger partial charge in [-0.1, -0.05) is 0 Å². The first-order valence-electron chi connectivity index (χ1n) is 5.48. The first kappa shape index (κ1) is 11.6. The maximum Gasteiger partial charge on any atom is 0.123 e. The van der Waals surface area contributed by atoms with Crippen molar-refractivity contribution in [3.05, 3.63) is 46.9 Å². The minimum Gasteiger partial charge on any atom is -0.384 e. The molecule has 0 unspecified atom stereocenters. The Hall–Kier alpha value is -1.90. The van der Waals surface area contributed by atoms with Crippen LogP contribution in [0.25, 0.3) is 11.1 Å². The molecular formula is C14H15FN2. The van der Waals surface area contributed by atoms with E-state index in [1.807, 2.05) is 26.8 Å². The minimum absolute atomic E-state index is 0.204. The van der Waals surface area contributed by atoms with Gasteiger partial charge in [0.15, 0.2) is 0 Å². The van der Waals surface area contributed by atoms with Crippen molar-refractivity contribution < 1.29 is 4.39 Å². The van der Waals surface area contributed by atoms with Crippen LogP contribution in [0, 0.1) is 26.6 Å². The number of benzene rings is 1. The zero-order chi connectivity index (χ0) is 12.6. The van der Waals surface area contributed by atoms with Crippen molar-refractivity contribution in [1.29, 1.82) is 0 Å². The van der Waals surface area contributed by atoms with Crippen LogP contribution in [0.5, 0.6) is 0 Å². The van der Waals surface area contributed by atoms with Crippen LogP contribution in [0.4, 0.5) is 10.2 Å². The lowest BCUT2D eigenvalue weighted by Gasteiger charge is -2.13. The lowest BCUT2D eigenvalue weighted by Crippen LogP contribution is -1.96. The van der Waals surface area contributed by atoms with Crippen LogP contribution in [0.15, 0.2) is 24.4 Å². The summed E-state index contributed by atoms with van der Waals surface area (Å²) in [6.07, 6.45) is 1.75. The maximum atomic E-state index is 13.3. The minimum atomic E-state index is -0.204. The second-order valence-corrected chi connectivity index (χ2v) is 4.34. The third-order valence-electron chi connectivity index (χ3n) is 2.90. The fourth-order valence-corrected chi connectivity index (χ4v) is 2.17. The molecule has 3 heteroatoms. The van der Waals surface area contributed by atoms with E-state index in [9.17, 15) is 4.39 Å². The predicted molar refractivity (Wildman–Crippen MR) is 68.3 cm³/mol. The highest BCUT2D eigenvalue weighted by atomic mass is 19.1. The SMILES string of the molecule is Cc1cc(N)ncc1-c1c(C)cc(F)cc1C. The Morgan fingerprint density at radius 3 is 2.12 bits per heavy atom. The summed E-state index contributed by atoms with van der Waals surface area (Å²) >= 11 is 0. The second kappa shape index (κ2) is 4.17. The average Bonchev–Trinajstić information content (AvgIpc) is 2.19. The number of nitrogen functional groups attached to an aromatic ring is 1. The van der Waals surface area contributed by atoms with Gasteiger partial charge < -0.3 is 5.73 Å². The standard InChI is InChI=1S/C14H15FN2/c1-8-6-13(16)17-7-12(8)14-9(2)4-11(15)5-10(14)3/h4-7H,1-3H3,(H2,16,17). The molecule has 0 atom stereocenters. The molecule has 2 nitrogen and oxygen atoms in total. The molecule has 1 aromatic heterocycles. The van der Waals surface area contributed by atoms with Gasteiger partial charge in [-0.25, -0.2) is 9.37 Å². The Balaban J connectivity index is 2.68. The molecule has 0 saturated heterocycles. The Morgan fingerprint density at radius 1 is 1.00 bits per heavy atom. The summed E-state index contributed by atoms with van der Waals surface area (Å²) in [4.78, 5) is 4.11. The lowest BCUT2D eigenvalue weighted by atomic mass is 9.94. The molecule has 88 valence electrons. The molecular weight excluding hydrogens is 215 g/mol. The van der Waals surface area contributed by atoms with Gasteiger partial charge in [0.1, 0.15) is 11.6 Å². The monoisotopic (exact) mass is 230 g/mol. The lowest BCUT2D eigenvalue weighted by molar-refractivity contribution is 0.625. The number of nitrogens with two attached hydrogens (primary N) is 1. The number of anilines is 1. The van der Waals surface area contributed by atoms with Crippen molar-refractivity contribution in [3.63, 3.8) is 0 Å². The summed E-state index contributed by atoms with van der Waals surface area (Å²) in [5.74, 6) is 0.300. The molecule has 0 radical (unpaired) electrons. The van der Waals surface area contributed by atoms with Gasteiger partial charge in [0, 0.05) is 11.8 Å². The molecule has 1 aromatic carbocycles. The average molecular weight is 230 g/mol. The number of aryl methyl sites for hydroxylation is 3. The van der Waals surface area contributed by atoms with Gasteiger partial charge in [-0.15, -0.1) is 0 Å². The number of hydrogen-bond acceptors (Lipinski definition) is 2. The van der Waals surface area contributed by atoms with E-state index < -0.39 is 0 Å². The summed E-state index contributed by atoms with van der Waals surface area (Å²) < 4.78 is 13.3. The van der Waals surface area contributed by atoms with Crippen molar-refractivity contribution >= 4 is 5.82 Å². The quantitative estimate of drug-likeness (QED) is 0.815. The molecule has 1 heterocycles. The highest BCUT2D eigenvalue weighted by Gasteiger charge is 2.10. The van der Waals surface area contributed by atoms with Crippen LogP contribution < -0.4 is 5.73 Å². The molecule has 17 heavy (non-hydrogen) atoms. The van der Waals surface area contributed by atoms with Crippen molar-refractivity contribution in [2.75, 3.05) is 5.73 Å². The topological polar surface area (TPSA) is 38.9 Å². The van der Waals surface area contributed by atoms with Gasteiger partial charge in [0.2, 0.25) is 0 Å². The molecule has 0 aliphatic rings. The highest BCUT2D eigenvalue weighted by Crippen LogP contribution is 2.30. The normalized spacial score (nSPS) is 10.6. The summed E-state index contributed by atoms with van der Waals surface area (Å²) in [5.41, 5.74) is 10.6. The van der Waals surface area contributed by atoms with E-state index in [4.69, 9.17) is 5.73 Å². The largest absolute Gasteiger partial charge is 0.384 e. The Kier molecular flexibility index (Phi) is 2.84. The molecule has 0 fully saturated rings. The van der Waals surface area contributed by atoms with Gasteiger partial charge in [-0.05, 0) is 61.2 Å². The second-order valence-electron chi connectivity index (χ2n) is 4.34. The van der Waals surface area contributed by atoms with Crippen molar-refractivity contribution in [2.45, 2.75) is 20.8 Å². The highest BCUT2D eigenvalue weighted by molar-refractivity contribution is 5.73. The van der Waals surface area contributed by atoms with Gasteiger partial charge in [0.25, 0.3) is 0 Å². The van der Waals surface area contributed by atoms with Crippen LogP contribution >= 0.6 is 0 Å². The summed E-state index contributed by atoms with van der Waals surface area (Å²) in [7, 11) is 0. The van der Waals surface area contributed by atoms with Gasteiger partial charge in [-0.2, -0.15) is 0 Å². The van der Waals surface area contributed by atoms with Crippen LogP contribution in [-0.2, 0) is 0 Å². The fraction of sp³-hybridized carbons (Fsp3) is 0.214. The summed E-state index contributed by atoms with van der Waals surface area (Å²) in [5, 5.41) is 0. The van der Waals surface area contributed by atoms with E-state index in [0.717, 1.165) is 27.8 Å². The zero-order valence-electron chi connectivity index (χ0n) is 10.2. The fourth-order valence-electron chi connectivity index (χ4n) is 2.17. The molecule has 0 bridgehead atoms. The number of pyridine rings is 1. The first-order valence-corrected chi connectivity index (χ1v) is 5.48. The van der Waals surface area contributed by atoms with Crippen LogP contribution in [0.1, 0.15) is 16.7 Å². The van der Waals surface area contributed by atoms with Crippen molar-refractivity contribution in [3.8, 4) is 11.1 Å². The summed E-state index contributed by atoms with van der Waals surface area (Å²) in [6.45, 7) is 5.79. The van der Waals surface area contributed by atoms with Gasteiger partial charge >= 0.3 is 0 Å². The van der Waals surface area contributed by atoms with E-state index >= 15 is 0 Å². The molecule has 2 aromatic rings. The van der Waals surface area contributed by atoms with Gasteiger partial charge in [0.05, 0.1) is 0 Å². The summed E-state index contributed by atoms with van der Waals surface area (Å²) in [6, 6.07) is 4.91. The van der Waals surface area contributed by atoms with E-state index in [-0.39, 0.29) is 5.82 Å². The predicted octanol–water partition coefficient (Wildman–Crippen LogP) is 3.40. The number of aromatic nitrogens is 1. The van der Waals surface area contributed by atoms with Crippen LogP contribution in [0.3, 0.4) is 0 Å². The van der Waals surface area contributed by atoms with E-state index in [2.05, 4.69) is 4.98 Å². The Morgan fingerprint density at radius 2 is 1.59 bits per heavy atom. The number of nitrogens with zero attached hydrogens (tertiary/aromatic N) is 1. The Bertz CT molecular complexity index is 553. The Labute approximate surface area is 100 Å². The smallest absolute Gasteiger partial charge is 0.123 e. The zero-order valence-corrected chi connectivity index (χ0v) is 10.2. The number of hydrogen-bond donors (Lipinski definition) is 1. The molecule has 2 N–H and O–H groups in total. The van der Waals surface area contributed by atoms with E-state index in [1.54, 1.807) is 6.20 Å². The van der Waals surface area contributed by atoms with Crippen LogP contribution in [-0.4, -0.2) is 4.98 Å². The van der Waals surface area contributed by atoms with Gasteiger partial charge in [-0.3, -0.25) is 0 Å². The van der Waals surface area contributed by atoms with Crippen molar-refractivity contribution in [2.24, 2.45) is 0 Å². The molecule has 0 aliphatic heterocycles. The molecule has 0 aliphatic carbocycles. The third kappa shape index (κ3) is 2.13. The number of halogens is 1. The van der Waals surface area contributed by atoms with E-state index in [1.165, 1.54) is 12.1 Å². The van der Waals surface area contributed by atoms with Crippen LogP contribution in [0.2, 0.25) is 0 Å². The van der Waals surface area contributed by atoms with E-state index in [0.29, 0.717) is 5.82 Å². The van der Waals surface area contributed by atoms with Crippen molar-refractivity contribution in [1.82, 2.24) is 4.98 Å². The first-order chi connectivity index (χ1) is 7.99. The maximum absolute atomic E-state index is 13.3.